The number of nitrogens with two attached hydrogens (primary N) is 1. The lowest BCUT2D eigenvalue weighted by Crippen LogP contribution is -2.26. The molecule has 0 spiro atoms. The van der Waals surface area contributed by atoms with Crippen LogP contribution in [0.15, 0.2) is 48.9 Å². The summed E-state index contributed by atoms with van der Waals surface area (Å²) in [6, 6.07) is 8.54. The van der Waals surface area contributed by atoms with E-state index in [9.17, 15) is 23.1 Å². The number of carbonyl (C=O) groups is 1. The van der Waals surface area contributed by atoms with E-state index in [1.807, 2.05) is 6.07 Å². The van der Waals surface area contributed by atoms with Crippen molar-refractivity contribution in [3.05, 3.63) is 60.2 Å². The van der Waals surface area contributed by atoms with Gasteiger partial charge in [-0.25, -0.2) is 19.3 Å². The zero-order valence-electron chi connectivity index (χ0n) is 20.6. The van der Waals surface area contributed by atoms with E-state index in [0.29, 0.717) is 36.2 Å². The number of nitrogens with one attached hydrogen (secondary N) is 2. The smallest absolute Gasteiger partial charge is 0.420 e. The van der Waals surface area contributed by atoms with Crippen molar-refractivity contribution in [2.45, 2.75) is 19.1 Å². The third-order valence-electron chi connectivity index (χ3n) is 6.27. The zero-order chi connectivity index (χ0) is 27.6. The van der Waals surface area contributed by atoms with Gasteiger partial charge in [-0.05, 0) is 36.2 Å². The maximum atomic E-state index is 13.0. The molecular weight excluding hydrogens is 517 g/mol. The summed E-state index contributed by atoms with van der Waals surface area (Å²) in [7, 11) is 0. The average Bonchev–Trinajstić information content (AvgIpc) is 3.06. The minimum Gasteiger partial charge on any atom is -0.504 e. The number of pyridine rings is 1. The summed E-state index contributed by atoms with van der Waals surface area (Å²) in [5.41, 5.74) is 8.47. The molecule has 5 rings (SSSR count). The van der Waals surface area contributed by atoms with Crippen LogP contribution in [0.4, 0.5) is 35.3 Å². The quantitative estimate of drug-likeness (QED) is 0.297. The number of aromatic nitrogens is 4. The number of hydrogen-bond donors (Lipinski definition) is 4. The molecule has 0 bridgehead atoms. The molecule has 2 amide bonds. The van der Waals surface area contributed by atoms with Gasteiger partial charge in [0.2, 0.25) is 0 Å². The van der Waals surface area contributed by atoms with Gasteiger partial charge >= 0.3 is 12.2 Å². The molecule has 4 heterocycles. The van der Waals surface area contributed by atoms with Crippen molar-refractivity contribution < 1.29 is 27.8 Å². The van der Waals surface area contributed by atoms with E-state index < -0.39 is 29.3 Å². The topological polar surface area (TPSA) is 143 Å². The number of carbonyl (C=O) groups excluding carboxylic acids is 1. The Labute approximate surface area is 220 Å². The first-order chi connectivity index (χ1) is 18.7. The van der Waals surface area contributed by atoms with Crippen LogP contribution in [0.3, 0.4) is 0 Å². The zero-order valence-corrected chi connectivity index (χ0v) is 20.6. The standard InChI is InChI=1S/C25H25F3N8O3/c26-25(27,28)19-6-7-30-23(21(19)37)34-24(38)33-16-4-2-15(3-5-16)18-12-17(13-35-8-1-10-39-11-9-35)36-20(18)22(29)31-14-32-36/h2-7,12,14,37H,1,8-11,13H2,(H2,29,31,32)(H2,30,33,34,38). The first-order valence-electron chi connectivity index (χ1n) is 12.1. The van der Waals surface area contributed by atoms with Crippen LogP contribution in [0, 0.1) is 0 Å². The fourth-order valence-corrected chi connectivity index (χ4v) is 4.43. The SMILES string of the molecule is Nc1ncnn2c(CN3CCCOCC3)cc(-c3ccc(NC(=O)Nc4nccc(C(F)(F)F)c4O)cc3)c12. The van der Waals surface area contributed by atoms with Crippen LogP contribution in [-0.2, 0) is 17.5 Å². The molecule has 1 aliphatic rings. The number of alkyl halides is 3. The highest BCUT2D eigenvalue weighted by molar-refractivity contribution is 6.00. The molecule has 1 aliphatic heterocycles. The van der Waals surface area contributed by atoms with E-state index in [0.717, 1.165) is 49.1 Å². The molecule has 11 nitrogen and oxygen atoms in total. The van der Waals surface area contributed by atoms with E-state index in [-0.39, 0.29) is 0 Å². The van der Waals surface area contributed by atoms with Gasteiger partial charge in [0.1, 0.15) is 17.4 Å². The number of anilines is 3. The summed E-state index contributed by atoms with van der Waals surface area (Å²) < 4.78 is 46.3. The number of fused-ring (bicyclic) bond motifs is 1. The fraction of sp³-hybridized carbons (Fsp3) is 0.280. The number of benzene rings is 1. The van der Waals surface area contributed by atoms with Crippen LogP contribution in [0.25, 0.3) is 16.6 Å². The van der Waals surface area contributed by atoms with Crippen molar-refractivity contribution in [1.82, 2.24) is 24.5 Å². The number of urea groups is 1. The Kier molecular flexibility index (Phi) is 7.21. The molecule has 0 unspecified atom stereocenters. The third-order valence-corrected chi connectivity index (χ3v) is 6.27. The Bertz CT molecular complexity index is 1480. The van der Waals surface area contributed by atoms with E-state index in [2.05, 4.69) is 30.6 Å². The lowest BCUT2D eigenvalue weighted by Gasteiger charge is -2.18. The van der Waals surface area contributed by atoms with Gasteiger partial charge in [-0.15, -0.1) is 0 Å². The lowest BCUT2D eigenvalue weighted by atomic mass is 10.1. The molecule has 1 aromatic carbocycles. The lowest BCUT2D eigenvalue weighted by molar-refractivity contribution is -0.138. The highest BCUT2D eigenvalue weighted by atomic mass is 19.4. The van der Waals surface area contributed by atoms with Crippen molar-refractivity contribution in [2.75, 3.05) is 42.7 Å². The highest BCUT2D eigenvalue weighted by Gasteiger charge is 2.35. The van der Waals surface area contributed by atoms with Crippen molar-refractivity contribution in [3.63, 3.8) is 0 Å². The Morgan fingerprint density at radius 1 is 1.10 bits per heavy atom. The van der Waals surface area contributed by atoms with E-state index >= 15 is 0 Å². The maximum Gasteiger partial charge on any atom is 0.420 e. The van der Waals surface area contributed by atoms with Crippen LogP contribution in [-0.4, -0.2) is 61.9 Å². The Morgan fingerprint density at radius 2 is 1.90 bits per heavy atom. The van der Waals surface area contributed by atoms with E-state index in [1.54, 1.807) is 28.8 Å². The summed E-state index contributed by atoms with van der Waals surface area (Å²) in [5.74, 6) is -1.46. The molecular formula is C25H25F3N8O3. The van der Waals surface area contributed by atoms with Crippen LogP contribution in [0.1, 0.15) is 17.7 Å². The van der Waals surface area contributed by atoms with Gasteiger partial charge in [-0.3, -0.25) is 10.2 Å². The molecule has 0 aliphatic carbocycles. The normalized spacial score (nSPS) is 14.7. The van der Waals surface area contributed by atoms with Gasteiger partial charge in [0.05, 0.1) is 12.3 Å². The molecule has 4 aromatic rings. The molecule has 0 saturated carbocycles. The van der Waals surface area contributed by atoms with Crippen molar-refractivity contribution >= 4 is 28.9 Å². The number of nitrogen functional groups attached to an aromatic ring is 1. The summed E-state index contributed by atoms with van der Waals surface area (Å²) in [6.45, 7) is 3.76. The Balaban J connectivity index is 1.34. The van der Waals surface area contributed by atoms with E-state index in [4.69, 9.17) is 10.5 Å². The molecule has 5 N–H and O–H groups in total. The number of aromatic hydroxyl groups is 1. The van der Waals surface area contributed by atoms with Gasteiger partial charge in [0, 0.05) is 43.7 Å². The molecule has 1 saturated heterocycles. The van der Waals surface area contributed by atoms with E-state index in [1.165, 1.54) is 6.33 Å². The second-order valence-electron chi connectivity index (χ2n) is 8.91. The summed E-state index contributed by atoms with van der Waals surface area (Å²) in [5, 5.41) is 18.9. The summed E-state index contributed by atoms with van der Waals surface area (Å²) in [6.07, 6.45) is -1.60. The molecule has 14 heteroatoms. The minimum absolute atomic E-state index is 0.320. The largest absolute Gasteiger partial charge is 0.504 e. The monoisotopic (exact) mass is 542 g/mol. The maximum absolute atomic E-state index is 13.0. The number of ether oxygens (including phenoxy) is 1. The Morgan fingerprint density at radius 3 is 2.67 bits per heavy atom. The second-order valence-corrected chi connectivity index (χ2v) is 8.91. The number of amides is 2. The Hall–Kier alpha value is -4.43. The molecule has 0 radical (unpaired) electrons. The van der Waals surface area contributed by atoms with Gasteiger partial charge in [-0.2, -0.15) is 18.3 Å². The van der Waals surface area contributed by atoms with Crippen LogP contribution in [0.5, 0.6) is 5.75 Å². The van der Waals surface area contributed by atoms with Crippen LogP contribution >= 0.6 is 0 Å². The molecule has 0 atom stereocenters. The predicted molar refractivity (Wildman–Crippen MR) is 137 cm³/mol. The van der Waals surface area contributed by atoms with Gasteiger partial charge in [-0.1, -0.05) is 12.1 Å². The molecule has 1 fully saturated rings. The van der Waals surface area contributed by atoms with Crippen molar-refractivity contribution in [2.24, 2.45) is 0 Å². The fourth-order valence-electron chi connectivity index (χ4n) is 4.43. The van der Waals surface area contributed by atoms with Gasteiger partial charge < -0.3 is 20.9 Å². The number of halogens is 3. The van der Waals surface area contributed by atoms with Crippen LogP contribution < -0.4 is 16.4 Å². The molecule has 39 heavy (non-hydrogen) atoms. The van der Waals surface area contributed by atoms with Gasteiger partial charge in [0.25, 0.3) is 0 Å². The predicted octanol–water partition coefficient (Wildman–Crippen LogP) is 3.96. The number of nitrogens with zero attached hydrogens (tertiary/aromatic N) is 5. The molecule has 3 aromatic heterocycles. The second kappa shape index (κ2) is 10.7. The first kappa shape index (κ1) is 26.2. The minimum atomic E-state index is -4.80. The highest BCUT2D eigenvalue weighted by Crippen LogP contribution is 2.38. The number of rotatable bonds is 5. The van der Waals surface area contributed by atoms with Crippen molar-refractivity contribution in [3.8, 4) is 16.9 Å². The molecule has 204 valence electrons. The third kappa shape index (κ3) is 5.71. The number of hydrogen-bond acceptors (Lipinski definition) is 8. The van der Waals surface area contributed by atoms with Crippen molar-refractivity contribution in [1.29, 1.82) is 0 Å². The average molecular weight is 543 g/mol. The summed E-state index contributed by atoms with van der Waals surface area (Å²) >= 11 is 0. The van der Waals surface area contributed by atoms with Gasteiger partial charge in [0.15, 0.2) is 17.4 Å². The van der Waals surface area contributed by atoms with Crippen LogP contribution in [0.2, 0.25) is 0 Å². The first-order valence-corrected chi connectivity index (χ1v) is 12.1. The summed E-state index contributed by atoms with van der Waals surface area (Å²) in [4.78, 5) is 22.4.